The van der Waals surface area contributed by atoms with E-state index in [0.29, 0.717) is 0 Å². The second kappa shape index (κ2) is 15.7. The monoisotopic (exact) mass is 884 g/mol. The van der Waals surface area contributed by atoms with E-state index in [2.05, 4.69) is 228 Å². The summed E-state index contributed by atoms with van der Waals surface area (Å²) in [5.41, 5.74) is 16.0. The fourth-order valence-corrected chi connectivity index (χ4v) is 10.4. The Hall–Kier alpha value is -9.32. The van der Waals surface area contributed by atoms with E-state index >= 15 is 0 Å². The van der Waals surface area contributed by atoms with Crippen molar-refractivity contribution in [3.63, 3.8) is 0 Å². The molecule has 14 rings (SSSR count). The van der Waals surface area contributed by atoms with Crippen LogP contribution in [0.25, 0.3) is 88.0 Å². The zero-order valence-electron chi connectivity index (χ0n) is 37.2. The number of hydrogen-bond donors (Lipinski definition) is 0. The first-order valence-corrected chi connectivity index (χ1v) is 23.3. The molecule has 0 saturated heterocycles. The SMILES string of the molecule is c1ccc(-c2ccc(N(c3ccc4c(c3)-c3cccc5cc(N(c6ccc(-c7ccccc7)cc6)c6cccc7c6oc6ccccc67)cc(c35)O4)c3cccc4c3oc3ccccc34)cc2)cc1. The van der Waals surface area contributed by atoms with Crippen molar-refractivity contribution in [3.8, 4) is 44.9 Å². The molecule has 2 aromatic heterocycles. The highest BCUT2D eigenvalue weighted by molar-refractivity contribution is 6.13. The van der Waals surface area contributed by atoms with Gasteiger partial charge in [-0.1, -0.05) is 164 Å². The molecule has 0 bridgehead atoms. The number of hydrogen-bond acceptors (Lipinski definition) is 5. The lowest BCUT2D eigenvalue weighted by Crippen LogP contribution is -2.12. The summed E-state index contributed by atoms with van der Waals surface area (Å²) in [6.07, 6.45) is 0. The first-order valence-electron chi connectivity index (χ1n) is 23.3. The molecule has 5 nitrogen and oxygen atoms in total. The van der Waals surface area contributed by atoms with Crippen LogP contribution in [0.15, 0.2) is 251 Å². The third-order valence-corrected chi connectivity index (χ3v) is 13.6. The lowest BCUT2D eigenvalue weighted by Gasteiger charge is -2.30. The summed E-state index contributed by atoms with van der Waals surface area (Å²) in [5, 5.41) is 6.44. The van der Waals surface area contributed by atoms with Crippen LogP contribution in [0.3, 0.4) is 0 Å². The van der Waals surface area contributed by atoms with E-state index in [0.717, 1.165) is 123 Å². The zero-order valence-corrected chi connectivity index (χ0v) is 37.2. The minimum Gasteiger partial charge on any atom is -0.456 e. The van der Waals surface area contributed by atoms with Crippen molar-refractivity contribution in [2.24, 2.45) is 0 Å². The molecule has 0 aliphatic carbocycles. The summed E-state index contributed by atoms with van der Waals surface area (Å²) in [6.45, 7) is 0. The van der Waals surface area contributed by atoms with E-state index in [4.69, 9.17) is 13.6 Å². The third-order valence-electron chi connectivity index (χ3n) is 13.6. The van der Waals surface area contributed by atoms with Crippen LogP contribution in [0.2, 0.25) is 0 Å². The van der Waals surface area contributed by atoms with E-state index in [1.807, 2.05) is 24.3 Å². The van der Waals surface area contributed by atoms with Crippen molar-refractivity contribution < 1.29 is 13.6 Å². The Bertz CT molecular complexity index is 4100. The number of para-hydroxylation sites is 4. The molecule has 13 aromatic rings. The Morgan fingerprint density at radius 1 is 0.290 bits per heavy atom. The molecule has 324 valence electrons. The van der Waals surface area contributed by atoms with Gasteiger partial charge in [-0.05, 0) is 106 Å². The Balaban J connectivity index is 0.922. The molecule has 0 fully saturated rings. The van der Waals surface area contributed by atoms with Crippen LogP contribution in [0.1, 0.15) is 0 Å². The van der Waals surface area contributed by atoms with Crippen molar-refractivity contribution >= 4 is 88.8 Å². The summed E-state index contributed by atoms with van der Waals surface area (Å²) >= 11 is 0. The Kier molecular flexibility index (Phi) is 8.83. The molecule has 0 radical (unpaired) electrons. The molecule has 0 amide bonds. The fourth-order valence-electron chi connectivity index (χ4n) is 10.4. The topological polar surface area (TPSA) is 42.0 Å². The summed E-state index contributed by atoms with van der Waals surface area (Å²) in [4.78, 5) is 4.60. The number of ether oxygens (including phenoxy) is 1. The first-order chi connectivity index (χ1) is 34.2. The molecular formula is C64H40N2O3. The number of furan rings is 2. The van der Waals surface area contributed by atoms with Gasteiger partial charge in [0.15, 0.2) is 11.2 Å². The van der Waals surface area contributed by atoms with Crippen LogP contribution in [-0.2, 0) is 0 Å². The zero-order chi connectivity index (χ0) is 45.4. The number of fused-ring (bicyclic) bond motifs is 8. The summed E-state index contributed by atoms with van der Waals surface area (Å²) < 4.78 is 20.4. The largest absolute Gasteiger partial charge is 0.456 e. The second-order valence-electron chi connectivity index (χ2n) is 17.6. The minimum atomic E-state index is 0.787. The van der Waals surface area contributed by atoms with Crippen LogP contribution >= 0.6 is 0 Å². The van der Waals surface area contributed by atoms with Gasteiger partial charge in [0.05, 0.1) is 17.1 Å². The predicted molar refractivity (Wildman–Crippen MR) is 284 cm³/mol. The first kappa shape index (κ1) is 38.9. The van der Waals surface area contributed by atoms with Crippen molar-refractivity contribution in [2.75, 3.05) is 9.80 Å². The lowest BCUT2D eigenvalue weighted by molar-refractivity contribution is 0.487. The molecule has 0 N–H and O–H groups in total. The highest BCUT2D eigenvalue weighted by Gasteiger charge is 2.27. The van der Waals surface area contributed by atoms with Crippen molar-refractivity contribution in [1.82, 2.24) is 0 Å². The molecule has 0 unspecified atom stereocenters. The van der Waals surface area contributed by atoms with Crippen LogP contribution in [-0.4, -0.2) is 0 Å². The number of anilines is 6. The highest BCUT2D eigenvalue weighted by Crippen LogP contribution is 2.53. The molecular weight excluding hydrogens is 845 g/mol. The maximum Gasteiger partial charge on any atom is 0.159 e. The maximum atomic E-state index is 7.06. The van der Waals surface area contributed by atoms with Gasteiger partial charge < -0.3 is 23.4 Å². The van der Waals surface area contributed by atoms with E-state index in [1.165, 1.54) is 11.1 Å². The third kappa shape index (κ3) is 6.40. The maximum absolute atomic E-state index is 7.06. The van der Waals surface area contributed by atoms with Crippen molar-refractivity contribution in [3.05, 3.63) is 243 Å². The van der Waals surface area contributed by atoms with Crippen LogP contribution < -0.4 is 14.5 Å². The molecule has 1 aliphatic rings. The Morgan fingerprint density at radius 3 is 1.35 bits per heavy atom. The normalized spacial score (nSPS) is 11.9. The van der Waals surface area contributed by atoms with E-state index in [-0.39, 0.29) is 0 Å². The van der Waals surface area contributed by atoms with Crippen LogP contribution in [0.5, 0.6) is 11.5 Å². The summed E-state index contributed by atoms with van der Waals surface area (Å²) in [5.74, 6) is 1.58. The Morgan fingerprint density at radius 2 is 0.768 bits per heavy atom. The average Bonchev–Trinajstić information content (AvgIpc) is 4.00. The molecule has 0 saturated carbocycles. The van der Waals surface area contributed by atoms with Crippen molar-refractivity contribution in [1.29, 1.82) is 0 Å². The molecule has 0 spiro atoms. The quantitative estimate of drug-likeness (QED) is 0.152. The van der Waals surface area contributed by atoms with Gasteiger partial charge in [-0.2, -0.15) is 0 Å². The van der Waals surface area contributed by atoms with Gasteiger partial charge in [-0.25, -0.2) is 0 Å². The minimum absolute atomic E-state index is 0.787. The number of benzene rings is 11. The molecule has 69 heavy (non-hydrogen) atoms. The second-order valence-corrected chi connectivity index (χ2v) is 17.6. The van der Waals surface area contributed by atoms with E-state index in [1.54, 1.807) is 0 Å². The van der Waals surface area contributed by atoms with Crippen LogP contribution in [0, 0.1) is 0 Å². The summed E-state index contributed by atoms with van der Waals surface area (Å²) in [7, 11) is 0. The van der Waals surface area contributed by atoms with Gasteiger partial charge in [0.1, 0.15) is 22.7 Å². The van der Waals surface area contributed by atoms with Crippen LogP contribution in [0.4, 0.5) is 34.1 Å². The number of nitrogens with zero attached hydrogens (tertiary/aromatic N) is 2. The molecule has 0 atom stereocenters. The fraction of sp³-hybridized carbons (Fsp3) is 0. The van der Waals surface area contributed by atoms with E-state index in [9.17, 15) is 0 Å². The van der Waals surface area contributed by atoms with Gasteiger partial charge in [0, 0.05) is 55.6 Å². The standard InChI is InChI=1S/C64H40N2O3/c1-3-14-41(15-4-1)43-28-32-46(33-29-43)65(56-24-12-22-53-50-19-7-9-26-58(50)68-63(53)56)48-36-37-60-55(39-48)52-21-11-18-45-38-49(40-61(67-60)62(45)52)66(47-34-30-44(31-35-47)42-16-5-2-6-17-42)57-25-13-23-54-51-20-8-10-27-59(51)69-64(54)57/h1-40H. The van der Waals surface area contributed by atoms with Gasteiger partial charge in [-0.15, -0.1) is 0 Å². The molecule has 1 aliphatic heterocycles. The molecule has 5 heteroatoms. The summed E-state index contributed by atoms with van der Waals surface area (Å²) in [6, 6.07) is 85.4. The van der Waals surface area contributed by atoms with Crippen molar-refractivity contribution in [2.45, 2.75) is 0 Å². The smallest absolute Gasteiger partial charge is 0.159 e. The van der Waals surface area contributed by atoms with E-state index < -0.39 is 0 Å². The van der Waals surface area contributed by atoms with Gasteiger partial charge >= 0.3 is 0 Å². The predicted octanol–water partition coefficient (Wildman–Crippen LogP) is 18.7. The van der Waals surface area contributed by atoms with Gasteiger partial charge in [0.25, 0.3) is 0 Å². The highest BCUT2D eigenvalue weighted by atomic mass is 16.5. The average molecular weight is 885 g/mol. The molecule has 3 heterocycles. The van der Waals surface area contributed by atoms with Gasteiger partial charge in [0.2, 0.25) is 0 Å². The van der Waals surface area contributed by atoms with Gasteiger partial charge in [-0.3, -0.25) is 0 Å². The number of rotatable bonds is 8. The lowest BCUT2D eigenvalue weighted by atomic mass is 9.93. The molecule has 11 aromatic carbocycles. The Labute approximate surface area is 397 Å².